The van der Waals surface area contributed by atoms with E-state index >= 15 is 0 Å². The normalized spacial score (nSPS) is 21.7. The van der Waals surface area contributed by atoms with E-state index in [2.05, 4.69) is 10.3 Å². The number of carbonyl (C=O) groups is 2. The minimum Gasteiger partial charge on any atom is -0.339 e. The lowest BCUT2D eigenvalue weighted by atomic mass is 9.92. The van der Waals surface area contributed by atoms with Crippen LogP contribution in [0.2, 0.25) is 5.02 Å². The molecule has 2 fully saturated rings. The summed E-state index contributed by atoms with van der Waals surface area (Å²) in [6, 6.07) is 5.80. The molecule has 1 atom stereocenters. The number of nitrogens with zero attached hydrogens (tertiary/aromatic N) is 2. The quantitative estimate of drug-likeness (QED) is 0.924. The number of aromatic nitrogens is 1. The predicted molar refractivity (Wildman–Crippen MR) is 90.7 cm³/mol. The lowest BCUT2D eigenvalue weighted by molar-refractivity contribution is -0.131. The number of nitrogens with one attached hydrogen (secondary N) is 1. The molecule has 2 heterocycles. The number of thiazole rings is 1. The highest BCUT2D eigenvalue weighted by molar-refractivity contribution is 7.22. The average molecular weight is 350 g/mol. The van der Waals surface area contributed by atoms with E-state index < -0.39 is 0 Å². The Labute approximate surface area is 142 Å². The number of rotatable bonds is 3. The SMILES string of the molecule is O=C(Nc1nc2ccc(Cl)cc2s1)C1CC(=O)N(C2CCC2)C1. The second-order valence-corrected chi connectivity index (χ2v) is 7.62. The number of anilines is 1. The standard InChI is InChI=1S/C16H16ClN3O2S/c17-10-4-5-12-13(7-10)23-16(18-12)19-15(22)9-6-14(21)20(8-9)11-2-1-3-11/h4-5,7,9,11H,1-3,6,8H2,(H,18,19,22). The van der Waals surface area contributed by atoms with E-state index in [0.717, 1.165) is 23.1 Å². The molecule has 1 aliphatic carbocycles. The largest absolute Gasteiger partial charge is 0.339 e. The highest BCUT2D eigenvalue weighted by Crippen LogP contribution is 2.32. The number of hydrogen-bond donors (Lipinski definition) is 1. The zero-order valence-electron chi connectivity index (χ0n) is 12.4. The van der Waals surface area contributed by atoms with Crippen LogP contribution < -0.4 is 5.32 Å². The molecule has 2 amide bonds. The number of amides is 2. The van der Waals surface area contributed by atoms with Crippen molar-refractivity contribution >= 4 is 50.1 Å². The Kier molecular flexibility index (Phi) is 3.73. The zero-order valence-corrected chi connectivity index (χ0v) is 14.0. The first-order valence-electron chi connectivity index (χ1n) is 7.76. The van der Waals surface area contributed by atoms with Gasteiger partial charge in [-0.25, -0.2) is 4.98 Å². The van der Waals surface area contributed by atoms with Gasteiger partial charge >= 0.3 is 0 Å². The smallest absolute Gasteiger partial charge is 0.231 e. The number of fused-ring (bicyclic) bond motifs is 1. The summed E-state index contributed by atoms with van der Waals surface area (Å²) in [4.78, 5) is 30.8. The third kappa shape index (κ3) is 2.81. The fraction of sp³-hybridized carbons (Fsp3) is 0.438. The van der Waals surface area contributed by atoms with Crippen LogP contribution in [0.1, 0.15) is 25.7 Å². The van der Waals surface area contributed by atoms with Crippen molar-refractivity contribution in [2.24, 2.45) is 5.92 Å². The molecule has 1 aliphatic heterocycles. The molecule has 2 aromatic rings. The molecule has 120 valence electrons. The molecule has 1 aromatic carbocycles. The summed E-state index contributed by atoms with van der Waals surface area (Å²) in [5, 5.41) is 4.06. The first-order chi connectivity index (χ1) is 11.1. The second kappa shape index (κ2) is 5.76. The summed E-state index contributed by atoms with van der Waals surface area (Å²) >= 11 is 7.36. The van der Waals surface area contributed by atoms with E-state index in [0.29, 0.717) is 29.2 Å². The van der Waals surface area contributed by atoms with Crippen molar-refractivity contribution in [3.05, 3.63) is 23.2 Å². The monoisotopic (exact) mass is 349 g/mol. The molecule has 1 N–H and O–H groups in total. The summed E-state index contributed by atoms with van der Waals surface area (Å²) in [7, 11) is 0. The van der Waals surface area contributed by atoms with Crippen LogP contribution in [0.3, 0.4) is 0 Å². The Balaban J connectivity index is 1.45. The fourth-order valence-corrected chi connectivity index (χ4v) is 4.26. The second-order valence-electron chi connectivity index (χ2n) is 6.15. The molecule has 2 aliphatic rings. The van der Waals surface area contributed by atoms with Crippen LogP contribution in [0.5, 0.6) is 0 Å². The maximum atomic E-state index is 12.4. The van der Waals surface area contributed by atoms with Crippen LogP contribution >= 0.6 is 22.9 Å². The summed E-state index contributed by atoms with van der Waals surface area (Å²) in [6.07, 6.45) is 3.62. The van der Waals surface area contributed by atoms with Crippen LogP contribution in [0.15, 0.2) is 18.2 Å². The molecule has 1 saturated heterocycles. The van der Waals surface area contributed by atoms with Gasteiger partial charge in [-0.3, -0.25) is 9.59 Å². The number of halogens is 1. The van der Waals surface area contributed by atoms with E-state index in [1.165, 1.54) is 17.8 Å². The Morgan fingerprint density at radius 1 is 1.39 bits per heavy atom. The molecule has 0 spiro atoms. The Hall–Kier alpha value is -1.66. The van der Waals surface area contributed by atoms with Gasteiger partial charge in [0.15, 0.2) is 5.13 Å². The maximum absolute atomic E-state index is 12.4. The molecule has 1 unspecified atom stereocenters. The van der Waals surface area contributed by atoms with E-state index in [-0.39, 0.29) is 17.7 Å². The van der Waals surface area contributed by atoms with Crippen LogP contribution in [0.4, 0.5) is 5.13 Å². The predicted octanol–water partition coefficient (Wildman–Crippen LogP) is 3.29. The summed E-state index contributed by atoms with van der Waals surface area (Å²) in [6.45, 7) is 0.534. The lowest BCUT2D eigenvalue weighted by Gasteiger charge is -2.34. The molecule has 5 nitrogen and oxygen atoms in total. The molecule has 4 rings (SSSR count). The van der Waals surface area contributed by atoms with Gasteiger partial charge < -0.3 is 10.2 Å². The van der Waals surface area contributed by atoms with Crippen molar-refractivity contribution in [2.45, 2.75) is 31.7 Å². The summed E-state index contributed by atoms with van der Waals surface area (Å²) in [5.74, 6) is -0.296. The zero-order chi connectivity index (χ0) is 16.0. The molecule has 1 aromatic heterocycles. The molecule has 0 radical (unpaired) electrons. The molecule has 1 saturated carbocycles. The van der Waals surface area contributed by atoms with Crippen molar-refractivity contribution in [1.29, 1.82) is 0 Å². The third-order valence-corrected chi connectivity index (χ3v) is 5.79. The van der Waals surface area contributed by atoms with E-state index in [9.17, 15) is 9.59 Å². The van der Waals surface area contributed by atoms with E-state index in [4.69, 9.17) is 11.6 Å². The van der Waals surface area contributed by atoms with Gasteiger partial charge in [0.2, 0.25) is 11.8 Å². The van der Waals surface area contributed by atoms with Gasteiger partial charge in [-0.15, -0.1) is 0 Å². The highest BCUT2D eigenvalue weighted by atomic mass is 35.5. The minimum atomic E-state index is -0.279. The molecular weight excluding hydrogens is 334 g/mol. The minimum absolute atomic E-state index is 0.103. The Bertz CT molecular complexity index is 787. The average Bonchev–Trinajstić information content (AvgIpc) is 3.00. The summed E-state index contributed by atoms with van der Waals surface area (Å²) < 4.78 is 0.936. The van der Waals surface area contributed by atoms with Crippen molar-refractivity contribution < 1.29 is 9.59 Å². The van der Waals surface area contributed by atoms with Crippen LogP contribution in [0, 0.1) is 5.92 Å². The van der Waals surface area contributed by atoms with E-state index in [1.54, 1.807) is 6.07 Å². The highest BCUT2D eigenvalue weighted by Gasteiger charge is 2.39. The summed E-state index contributed by atoms with van der Waals surface area (Å²) in [5.41, 5.74) is 0.813. The van der Waals surface area contributed by atoms with Gasteiger partial charge in [0.05, 0.1) is 16.1 Å². The van der Waals surface area contributed by atoms with Gasteiger partial charge in [-0.1, -0.05) is 22.9 Å². The number of likely N-dealkylation sites (tertiary alicyclic amines) is 1. The van der Waals surface area contributed by atoms with Crippen molar-refractivity contribution in [3.8, 4) is 0 Å². The first kappa shape index (κ1) is 14.9. The van der Waals surface area contributed by atoms with Crippen LogP contribution in [0.25, 0.3) is 10.2 Å². The number of hydrogen-bond acceptors (Lipinski definition) is 4. The molecule has 23 heavy (non-hydrogen) atoms. The first-order valence-corrected chi connectivity index (χ1v) is 8.96. The third-order valence-electron chi connectivity index (χ3n) is 4.63. The van der Waals surface area contributed by atoms with Gasteiger partial charge in [-0.05, 0) is 37.5 Å². The Morgan fingerprint density at radius 3 is 2.96 bits per heavy atom. The van der Waals surface area contributed by atoms with Crippen LogP contribution in [-0.2, 0) is 9.59 Å². The van der Waals surface area contributed by atoms with Crippen molar-refractivity contribution in [1.82, 2.24) is 9.88 Å². The van der Waals surface area contributed by atoms with Gasteiger partial charge in [0, 0.05) is 24.0 Å². The molecule has 7 heteroatoms. The molecular formula is C16H16ClN3O2S. The van der Waals surface area contributed by atoms with Crippen LogP contribution in [-0.4, -0.2) is 34.3 Å². The van der Waals surface area contributed by atoms with Crippen molar-refractivity contribution in [2.75, 3.05) is 11.9 Å². The molecule has 0 bridgehead atoms. The Morgan fingerprint density at radius 2 is 2.22 bits per heavy atom. The fourth-order valence-electron chi connectivity index (χ4n) is 3.12. The number of benzene rings is 1. The maximum Gasteiger partial charge on any atom is 0.231 e. The van der Waals surface area contributed by atoms with Gasteiger partial charge in [0.25, 0.3) is 0 Å². The van der Waals surface area contributed by atoms with E-state index in [1.807, 2.05) is 17.0 Å². The topological polar surface area (TPSA) is 62.3 Å². The lowest BCUT2D eigenvalue weighted by Crippen LogP contribution is -2.41. The van der Waals surface area contributed by atoms with Crippen molar-refractivity contribution in [3.63, 3.8) is 0 Å². The number of carbonyl (C=O) groups excluding carboxylic acids is 2. The van der Waals surface area contributed by atoms with Gasteiger partial charge in [0.1, 0.15) is 0 Å². The van der Waals surface area contributed by atoms with Gasteiger partial charge in [-0.2, -0.15) is 0 Å².